The van der Waals surface area contributed by atoms with E-state index in [0.29, 0.717) is 6.61 Å². The molecule has 0 aromatic heterocycles. The molecule has 0 radical (unpaired) electrons. The molecule has 5 heteroatoms. The molecule has 0 fully saturated rings. The Hall–Kier alpha value is -0.650. The number of hydrogen-bond acceptors (Lipinski definition) is 5. The number of hydrogen-bond donors (Lipinski definition) is 1. The van der Waals surface area contributed by atoms with Gasteiger partial charge in [0, 0.05) is 26.9 Å². The summed E-state index contributed by atoms with van der Waals surface area (Å²) in [4.78, 5) is 15.4. The van der Waals surface area contributed by atoms with E-state index in [2.05, 4.69) is 18.7 Å². The number of nitrogens with zero attached hydrogens (tertiary/aromatic N) is 1. The molecular formula is C35H71NO4. The van der Waals surface area contributed by atoms with Crippen molar-refractivity contribution in [2.75, 3.05) is 46.6 Å². The maximum absolute atomic E-state index is 12.9. The number of aliphatic hydroxyl groups excluding tert-OH is 1. The van der Waals surface area contributed by atoms with Crippen LogP contribution in [-0.2, 0) is 14.3 Å². The standard InChI is InChI=1S/C35H71NO4/c1-4-6-8-10-11-14-20-27-34(26-19-13-9-7-5-2)35(38)40-33-24-17-12-15-21-28-36(30-25-31-37)29-22-16-18-23-32-39-3/h34,37H,4-33H2,1-3H3. The van der Waals surface area contributed by atoms with Crippen LogP contribution in [0.3, 0.4) is 0 Å². The summed E-state index contributed by atoms with van der Waals surface area (Å²) in [6, 6.07) is 0. The Bertz CT molecular complexity index is 502. The molecule has 0 aliphatic rings. The second-order valence-corrected chi connectivity index (χ2v) is 12.1. The smallest absolute Gasteiger partial charge is 0.308 e. The zero-order valence-corrected chi connectivity index (χ0v) is 27.4. The van der Waals surface area contributed by atoms with Gasteiger partial charge in [-0.15, -0.1) is 0 Å². The second-order valence-electron chi connectivity index (χ2n) is 12.1. The summed E-state index contributed by atoms with van der Waals surface area (Å²) >= 11 is 0. The third-order valence-electron chi connectivity index (χ3n) is 8.21. The zero-order valence-electron chi connectivity index (χ0n) is 27.4. The fourth-order valence-corrected chi connectivity index (χ4v) is 5.55. The van der Waals surface area contributed by atoms with Crippen molar-refractivity contribution in [3.8, 4) is 0 Å². The molecule has 0 amide bonds. The summed E-state index contributed by atoms with van der Waals surface area (Å²) in [6.45, 7) is 9.53. The van der Waals surface area contributed by atoms with Gasteiger partial charge in [-0.3, -0.25) is 4.79 Å². The van der Waals surface area contributed by atoms with Crippen LogP contribution in [0.5, 0.6) is 0 Å². The first kappa shape index (κ1) is 39.4. The number of carbonyl (C=O) groups is 1. The van der Waals surface area contributed by atoms with Crippen molar-refractivity contribution >= 4 is 5.97 Å². The molecule has 0 heterocycles. The molecule has 0 saturated heterocycles. The number of rotatable bonds is 33. The van der Waals surface area contributed by atoms with E-state index < -0.39 is 0 Å². The minimum Gasteiger partial charge on any atom is -0.465 e. The maximum atomic E-state index is 12.9. The lowest BCUT2D eigenvalue weighted by Crippen LogP contribution is -2.28. The molecule has 0 aromatic rings. The highest BCUT2D eigenvalue weighted by Gasteiger charge is 2.19. The van der Waals surface area contributed by atoms with Crippen molar-refractivity contribution in [1.29, 1.82) is 0 Å². The number of ether oxygens (including phenoxy) is 2. The van der Waals surface area contributed by atoms with E-state index in [9.17, 15) is 9.90 Å². The van der Waals surface area contributed by atoms with Gasteiger partial charge in [0.2, 0.25) is 0 Å². The summed E-state index contributed by atoms with van der Waals surface area (Å²) in [5.41, 5.74) is 0. The van der Waals surface area contributed by atoms with Gasteiger partial charge in [0.25, 0.3) is 0 Å². The summed E-state index contributed by atoms with van der Waals surface area (Å²) < 4.78 is 10.9. The van der Waals surface area contributed by atoms with E-state index >= 15 is 0 Å². The number of esters is 1. The zero-order chi connectivity index (χ0) is 29.4. The average Bonchev–Trinajstić information content (AvgIpc) is 2.96. The van der Waals surface area contributed by atoms with Crippen molar-refractivity contribution < 1.29 is 19.4 Å². The van der Waals surface area contributed by atoms with E-state index in [4.69, 9.17) is 9.47 Å². The maximum Gasteiger partial charge on any atom is 0.308 e. The first-order chi connectivity index (χ1) is 19.7. The van der Waals surface area contributed by atoms with Crippen LogP contribution in [-0.4, -0.2) is 62.5 Å². The van der Waals surface area contributed by atoms with Gasteiger partial charge < -0.3 is 19.5 Å². The molecule has 0 bridgehead atoms. The topological polar surface area (TPSA) is 59.0 Å². The molecule has 40 heavy (non-hydrogen) atoms. The van der Waals surface area contributed by atoms with Crippen molar-refractivity contribution in [2.24, 2.45) is 5.92 Å². The van der Waals surface area contributed by atoms with E-state index in [-0.39, 0.29) is 18.5 Å². The van der Waals surface area contributed by atoms with Crippen molar-refractivity contribution in [2.45, 2.75) is 168 Å². The minimum atomic E-state index is 0.0724. The van der Waals surface area contributed by atoms with Crippen LogP contribution in [0.25, 0.3) is 0 Å². The Morgan fingerprint density at radius 2 is 1.00 bits per heavy atom. The molecule has 5 nitrogen and oxygen atoms in total. The summed E-state index contributed by atoms with van der Waals surface area (Å²) in [5, 5.41) is 9.24. The molecule has 0 aromatic carbocycles. The average molecular weight is 570 g/mol. The Kier molecular flexibility index (Phi) is 32.3. The largest absolute Gasteiger partial charge is 0.465 e. The third-order valence-corrected chi connectivity index (χ3v) is 8.21. The fourth-order valence-electron chi connectivity index (χ4n) is 5.55. The van der Waals surface area contributed by atoms with Crippen molar-refractivity contribution in [1.82, 2.24) is 4.90 Å². The fraction of sp³-hybridized carbons (Fsp3) is 0.971. The van der Waals surface area contributed by atoms with Crippen molar-refractivity contribution in [3.05, 3.63) is 0 Å². The molecule has 1 atom stereocenters. The van der Waals surface area contributed by atoms with Gasteiger partial charge in [-0.2, -0.15) is 0 Å². The Morgan fingerprint density at radius 3 is 1.50 bits per heavy atom. The Morgan fingerprint density at radius 1 is 0.575 bits per heavy atom. The number of aliphatic hydroxyl groups is 1. The van der Waals surface area contributed by atoms with Gasteiger partial charge >= 0.3 is 5.97 Å². The molecule has 0 saturated carbocycles. The predicted molar refractivity (Wildman–Crippen MR) is 172 cm³/mol. The van der Waals surface area contributed by atoms with Crippen LogP contribution in [0, 0.1) is 5.92 Å². The monoisotopic (exact) mass is 570 g/mol. The van der Waals surface area contributed by atoms with Crippen LogP contribution in [0.1, 0.15) is 168 Å². The highest BCUT2D eigenvalue weighted by atomic mass is 16.5. The molecule has 0 aliphatic carbocycles. The molecule has 1 unspecified atom stereocenters. The molecule has 0 aliphatic heterocycles. The molecule has 1 N–H and O–H groups in total. The summed E-state index contributed by atoms with van der Waals surface area (Å²) in [7, 11) is 1.77. The van der Waals surface area contributed by atoms with Crippen LogP contribution in [0.15, 0.2) is 0 Å². The van der Waals surface area contributed by atoms with Crippen LogP contribution in [0.2, 0.25) is 0 Å². The lowest BCUT2D eigenvalue weighted by Gasteiger charge is -2.22. The lowest BCUT2D eigenvalue weighted by molar-refractivity contribution is -0.149. The number of unbranched alkanes of at least 4 members (excludes halogenated alkanes) is 17. The van der Waals surface area contributed by atoms with Crippen LogP contribution in [0.4, 0.5) is 0 Å². The van der Waals surface area contributed by atoms with E-state index in [1.807, 2.05) is 0 Å². The van der Waals surface area contributed by atoms with E-state index in [1.54, 1.807) is 7.11 Å². The highest BCUT2D eigenvalue weighted by molar-refractivity contribution is 5.72. The van der Waals surface area contributed by atoms with Crippen molar-refractivity contribution in [3.63, 3.8) is 0 Å². The first-order valence-electron chi connectivity index (χ1n) is 17.7. The number of methoxy groups -OCH3 is 1. The Labute approximate surface area is 250 Å². The van der Waals surface area contributed by atoms with Gasteiger partial charge in [0.1, 0.15) is 0 Å². The first-order valence-corrected chi connectivity index (χ1v) is 17.7. The second kappa shape index (κ2) is 32.9. The molecule has 240 valence electrons. The lowest BCUT2D eigenvalue weighted by atomic mass is 9.94. The van der Waals surface area contributed by atoms with Crippen LogP contribution >= 0.6 is 0 Å². The minimum absolute atomic E-state index is 0.0724. The highest BCUT2D eigenvalue weighted by Crippen LogP contribution is 2.21. The van der Waals surface area contributed by atoms with E-state index in [1.165, 1.54) is 116 Å². The van der Waals surface area contributed by atoms with E-state index in [0.717, 1.165) is 64.8 Å². The SMILES string of the molecule is CCCCCCCCCC(CCCCCCC)C(=O)OCCCCCCCN(CCCO)CCCCCCOC. The van der Waals surface area contributed by atoms with Gasteiger partial charge in [0.15, 0.2) is 0 Å². The predicted octanol–water partition coefficient (Wildman–Crippen LogP) is 9.49. The molecule has 0 rings (SSSR count). The molecular weight excluding hydrogens is 498 g/mol. The Balaban J connectivity index is 4.08. The van der Waals surface area contributed by atoms with Gasteiger partial charge in [-0.05, 0) is 58.0 Å². The number of carbonyl (C=O) groups excluding carboxylic acids is 1. The third kappa shape index (κ3) is 27.5. The summed E-state index contributed by atoms with van der Waals surface area (Å²) in [6.07, 6.45) is 29.0. The summed E-state index contributed by atoms with van der Waals surface area (Å²) in [5.74, 6) is 0.186. The van der Waals surface area contributed by atoms with Crippen LogP contribution < -0.4 is 0 Å². The van der Waals surface area contributed by atoms with Gasteiger partial charge in [0.05, 0.1) is 12.5 Å². The normalized spacial score (nSPS) is 12.3. The molecule has 0 spiro atoms. The van der Waals surface area contributed by atoms with Gasteiger partial charge in [-0.25, -0.2) is 0 Å². The van der Waals surface area contributed by atoms with Gasteiger partial charge in [-0.1, -0.05) is 123 Å². The quantitative estimate of drug-likeness (QED) is 0.0630.